The molecule has 0 saturated heterocycles. The molecule has 3 aromatic rings. The molecule has 0 fully saturated rings. The number of amides is 1. The number of anilines is 1. The summed E-state index contributed by atoms with van der Waals surface area (Å²) in [6, 6.07) is 11.9. The quantitative estimate of drug-likeness (QED) is 0.228. The standard InChI is InChI=1S/C27H26ClF3N2O6S/c1-16-10-18(13-19(11-16)27(29,30)31)26(35)22-14-20(28)4-7-24(22)39-15-25(34)33-23-6-5-21(12-17(23)2)38-8-3-9-40(32,36)37/h4-7,10-14H,3,8-9,15H2,1-2H3,(H,33,34)(H2,32,36,37). The van der Waals surface area contributed by atoms with Gasteiger partial charge in [-0.2, -0.15) is 13.2 Å². The molecule has 8 nitrogen and oxygen atoms in total. The maximum atomic E-state index is 13.3. The number of benzene rings is 3. The minimum absolute atomic E-state index is 0.0282. The lowest BCUT2D eigenvalue weighted by Crippen LogP contribution is -2.21. The van der Waals surface area contributed by atoms with E-state index in [1.165, 1.54) is 31.2 Å². The molecule has 0 heterocycles. The van der Waals surface area contributed by atoms with Gasteiger partial charge in [0.25, 0.3) is 5.91 Å². The predicted octanol–water partition coefficient (Wildman–Crippen LogP) is 5.28. The first kappa shape index (κ1) is 30.9. The molecule has 3 N–H and O–H groups in total. The summed E-state index contributed by atoms with van der Waals surface area (Å²) in [6.07, 6.45) is -4.42. The van der Waals surface area contributed by atoms with Gasteiger partial charge in [-0.15, -0.1) is 0 Å². The van der Waals surface area contributed by atoms with E-state index >= 15 is 0 Å². The number of alkyl halides is 3. The normalized spacial score (nSPS) is 11.7. The first-order chi connectivity index (χ1) is 18.6. The lowest BCUT2D eigenvalue weighted by atomic mass is 9.98. The zero-order valence-corrected chi connectivity index (χ0v) is 23.0. The molecule has 13 heteroatoms. The van der Waals surface area contributed by atoms with Crippen molar-refractivity contribution in [2.45, 2.75) is 26.4 Å². The van der Waals surface area contributed by atoms with Crippen molar-refractivity contribution in [3.8, 4) is 11.5 Å². The second kappa shape index (κ2) is 12.7. The van der Waals surface area contributed by atoms with Crippen LogP contribution in [0.1, 0.15) is 39.0 Å². The van der Waals surface area contributed by atoms with Gasteiger partial charge in [0.15, 0.2) is 12.4 Å². The Bertz CT molecular complexity index is 1530. The van der Waals surface area contributed by atoms with Crippen LogP contribution in [0, 0.1) is 13.8 Å². The summed E-state index contributed by atoms with van der Waals surface area (Å²) in [6.45, 7) is 2.80. The van der Waals surface area contributed by atoms with Gasteiger partial charge >= 0.3 is 6.18 Å². The minimum Gasteiger partial charge on any atom is -0.494 e. The van der Waals surface area contributed by atoms with Crippen LogP contribution in [0.3, 0.4) is 0 Å². The van der Waals surface area contributed by atoms with E-state index in [0.29, 0.717) is 17.0 Å². The van der Waals surface area contributed by atoms with Gasteiger partial charge in [-0.05, 0) is 86.0 Å². The SMILES string of the molecule is Cc1cc(C(=O)c2cc(Cl)ccc2OCC(=O)Nc2ccc(OCCCS(N)(=O)=O)cc2C)cc(C(F)(F)F)c1. The van der Waals surface area contributed by atoms with Crippen molar-refractivity contribution in [3.63, 3.8) is 0 Å². The van der Waals surface area contributed by atoms with E-state index in [-0.39, 0.29) is 46.2 Å². The third-order valence-corrected chi connectivity index (χ3v) is 6.62. The van der Waals surface area contributed by atoms with Crippen LogP contribution in [0.15, 0.2) is 54.6 Å². The summed E-state index contributed by atoms with van der Waals surface area (Å²) in [5.41, 5.74) is 0.0925. The summed E-state index contributed by atoms with van der Waals surface area (Å²) in [5.74, 6) is -1.08. The van der Waals surface area contributed by atoms with Gasteiger partial charge in [-0.1, -0.05) is 11.6 Å². The summed E-state index contributed by atoms with van der Waals surface area (Å²) in [7, 11) is -3.57. The van der Waals surface area contributed by atoms with Crippen LogP contribution in [0.4, 0.5) is 18.9 Å². The number of sulfonamides is 1. The minimum atomic E-state index is -4.64. The number of halogens is 4. The van der Waals surface area contributed by atoms with Crippen LogP contribution in [0.25, 0.3) is 0 Å². The molecular weight excluding hydrogens is 573 g/mol. The highest BCUT2D eigenvalue weighted by molar-refractivity contribution is 7.89. The fourth-order valence-electron chi connectivity index (χ4n) is 3.68. The second-order valence-electron chi connectivity index (χ2n) is 8.94. The van der Waals surface area contributed by atoms with E-state index < -0.39 is 40.1 Å². The van der Waals surface area contributed by atoms with Crippen LogP contribution in [0.2, 0.25) is 5.02 Å². The third kappa shape index (κ3) is 8.97. The Balaban J connectivity index is 1.68. The Morgan fingerprint density at radius 1 is 1.00 bits per heavy atom. The van der Waals surface area contributed by atoms with Crippen molar-refractivity contribution in [2.75, 3.05) is 24.3 Å². The van der Waals surface area contributed by atoms with Crippen LogP contribution in [0.5, 0.6) is 11.5 Å². The number of ketones is 1. The summed E-state index contributed by atoms with van der Waals surface area (Å²) < 4.78 is 72.8. The summed E-state index contributed by atoms with van der Waals surface area (Å²) >= 11 is 6.03. The van der Waals surface area contributed by atoms with Gasteiger partial charge in [-0.25, -0.2) is 13.6 Å². The van der Waals surface area contributed by atoms with Gasteiger partial charge in [0.1, 0.15) is 11.5 Å². The van der Waals surface area contributed by atoms with Gasteiger partial charge in [0, 0.05) is 16.3 Å². The van der Waals surface area contributed by atoms with E-state index in [0.717, 1.165) is 12.1 Å². The van der Waals surface area contributed by atoms with Gasteiger partial charge in [-0.3, -0.25) is 9.59 Å². The first-order valence-electron chi connectivity index (χ1n) is 11.8. The number of aryl methyl sites for hydroxylation is 2. The van der Waals surface area contributed by atoms with Crippen molar-refractivity contribution in [1.29, 1.82) is 0 Å². The van der Waals surface area contributed by atoms with Crippen LogP contribution in [-0.4, -0.2) is 39.1 Å². The maximum Gasteiger partial charge on any atom is 0.416 e. The van der Waals surface area contributed by atoms with Crippen molar-refractivity contribution < 1.29 is 40.7 Å². The van der Waals surface area contributed by atoms with Crippen LogP contribution in [-0.2, 0) is 21.0 Å². The molecule has 1 amide bonds. The van der Waals surface area contributed by atoms with Crippen molar-refractivity contribution in [1.82, 2.24) is 0 Å². The molecule has 0 aliphatic heterocycles. The molecule has 0 radical (unpaired) electrons. The smallest absolute Gasteiger partial charge is 0.416 e. The molecule has 0 atom stereocenters. The lowest BCUT2D eigenvalue weighted by molar-refractivity contribution is -0.137. The Morgan fingerprint density at radius 3 is 2.38 bits per heavy atom. The predicted molar refractivity (Wildman–Crippen MR) is 144 cm³/mol. The molecule has 0 aliphatic rings. The van der Waals surface area contributed by atoms with Gasteiger partial charge < -0.3 is 14.8 Å². The summed E-state index contributed by atoms with van der Waals surface area (Å²) in [4.78, 5) is 25.7. The highest BCUT2D eigenvalue weighted by atomic mass is 35.5. The monoisotopic (exact) mass is 598 g/mol. The fraction of sp³-hybridized carbons (Fsp3) is 0.259. The Kier molecular flexibility index (Phi) is 9.82. The molecule has 0 spiro atoms. The average molecular weight is 599 g/mol. The highest BCUT2D eigenvalue weighted by Crippen LogP contribution is 2.32. The van der Waals surface area contributed by atoms with Gasteiger partial charge in [0.05, 0.1) is 23.5 Å². The number of hydrogen-bond donors (Lipinski definition) is 2. The molecule has 0 bridgehead atoms. The molecule has 3 rings (SSSR count). The van der Waals surface area contributed by atoms with E-state index in [2.05, 4.69) is 5.32 Å². The zero-order chi connectivity index (χ0) is 29.7. The number of nitrogens with two attached hydrogens (primary N) is 1. The largest absolute Gasteiger partial charge is 0.494 e. The third-order valence-electron chi connectivity index (χ3n) is 5.53. The van der Waals surface area contributed by atoms with E-state index in [4.69, 9.17) is 26.2 Å². The number of nitrogens with one attached hydrogen (secondary N) is 1. The van der Waals surface area contributed by atoms with E-state index in [1.54, 1.807) is 25.1 Å². The van der Waals surface area contributed by atoms with E-state index in [1.807, 2.05) is 0 Å². The average Bonchev–Trinajstić information content (AvgIpc) is 2.85. The number of carbonyl (C=O) groups excluding carboxylic acids is 2. The van der Waals surface area contributed by atoms with Crippen molar-refractivity contribution >= 4 is 39.0 Å². The number of hydrogen-bond acceptors (Lipinski definition) is 6. The van der Waals surface area contributed by atoms with Crippen molar-refractivity contribution in [3.05, 3.63) is 87.4 Å². The Morgan fingerprint density at radius 2 is 1.73 bits per heavy atom. The lowest BCUT2D eigenvalue weighted by Gasteiger charge is -2.14. The van der Waals surface area contributed by atoms with Gasteiger partial charge in [0.2, 0.25) is 10.0 Å². The molecule has 0 unspecified atom stereocenters. The Hall–Kier alpha value is -3.61. The number of carbonyl (C=O) groups is 2. The van der Waals surface area contributed by atoms with Crippen LogP contribution >= 0.6 is 11.6 Å². The molecule has 0 saturated carbocycles. The molecule has 40 heavy (non-hydrogen) atoms. The second-order valence-corrected chi connectivity index (χ2v) is 11.1. The maximum absolute atomic E-state index is 13.3. The molecule has 214 valence electrons. The van der Waals surface area contributed by atoms with E-state index in [9.17, 15) is 31.2 Å². The topological polar surface area (TPSA) is 125 Å². The highest BCUT2D eigenvalue weighted by Gasteiger charge is 2.32. The van der Waals surface area contributed by atoms with Crippen LogP contribution < -0.4 is 19.9 Å². The molecular formula is C27H26ClF3N2O6S. The number of primary sulfonamides is 1. The molecule has 3 aromatic carbocycles. The number of rotatable bonds is 11. The zero-order valence-electron chi connectivity index (χ0n) is 21.5. The summed E-state index contributed by atoms with van der Waals surface area (Å²) in [5, 5.41) is 7.78. The first-order valence-corrected chi connectivity index (χ1v) is 13.9. The fourth-order valence-corrected chi connectivity index (χ4v) is 4.38. The molecule has 0 aromatic heterocycles. The number of ether oxygens (including phenoxy) is 2. The molecule has 0 aliphatic carbocycles. The Labute approximate surface area is 234 Å². The van der Waals surface area contributed by atoms with Crippen molar-refractivity contribution in [2.24, 2.45) is 5.14 Å².